The number of carbonyl (C=O) groups excluding carboxylic acids is 1. The van der Waals surface area contributed by atoms with Crippen molar-refractivity contribution in [3.63, 3.8) is 0 Å². The molecule has 2 aromatic carbocycles. The van der Waals surface area contributed by atoms with Crippen LogP contribution in [0.1, 0.15) is 24.0 Å². The smallest absolute Gasteiger partial charge is 0.229 e. The predicted octanol–water partition coefficient (Wildman–Crippen LogP) is 5.15. The molecule has 29 heavy (non-hydrogen) atoms. The van der Waals surface area contributed by atoms with Gasteiger partial charge in [0.15, 0.2) is 0 Å². The predicted molar refractivity (Wildman–Crippen MR) is 114 cm³/mol. The largest absolute Gasteiger partial charge is 0.398 e. The Kier molecular flexibility index (Phi) is 6.44. The molecule has 2 aromatic rings. The number of alkyl halides is 1. The van der Waals surface area contributed by atoms with Crippen molar-refractivity contribution in [2.45, 2.75) is 18.2 Å². The summed E-state index contributed by atoms with van der Waals surface area (Å²) in [6.45, 7) is 0. The Hall–Kier alpha value is -2.99. The van der Waals surface area contributed by atoms with Crippen LogP contribution in [0.3, 0.4) is 0 Å². The maximum Gasteiger partial charge on any atom is 0.229 e. The van der Waals surface area contributed by atoms with E-state index in [0.717, 1.165) is 5.56 Å². The first-order valence-corrected chi connectivity index (χ1v) is 9.45. The molecule has 150 valence electrons. The summed E-state index contributed by atoms with van der Waals surface area (Å²) in [7, 11) is 1.66. The van der Waals surface area contributed by atoms with Gasteiger partial charge in [-0.1, -0.05) is 30.3 Å². The summed E-state index contributed by atoms with van der Waals surface area (Å²) in [4.78, 5) is 16.7. The molecule has 0 heterocycles. The highest BCUT2D eigenvalue weighted by atomic mass is 35.5. The first-order valence-electron chi connectivity index (χ1n) is 9.01. The topological polar surface area (TPSA) is 67.5 Å². The minimum Gasteiger partial charge on any atom is -0.398 e. The Balaban J connectivity index is 1.82. The molecule has 0 aromatic heterocycles. The van der Waals surface area contributed by atoms with Gasteiger partial charge in [-0.2, -0.15) is 0 Å². The van der Waals surface area contributed by atoms with Crippen molar-refractivity contribution in [3.05, 3.63) is 83.0 Å². The first-order chi connectivity index (χ1) is 13.9. The monoisotopic (exact) mass is 415 g/mol. The van der Waals surface area contributed by atoms with E-state index >= 15 is 0 Å². The fourth-order valence-electron chi connectivity index (χ4n) is 3.11. The molecular formula is C22H20ClF2N3O. The van der Waals surface area contributed by atoms with Crippen LogP contribution in [0.15, 0.2) is 76.8 Å². The molecule has 1 aliphatic rings. The molecule has 1 atom stereocenters. The second kappa shape index (κ2) is 9.01. The van der Waals surface area contributed by atoms with Crippen LogP contribution in [0.5, 0.6) is 0 Å². The molecule has 0 saturated carbocycles. The normalized spacial score (nSPS) is 17.2. The van der Waals surface area contributed by atoms with Gasteiger partial charge in [0, 0.05) is 35.1 Å². The first kappa shape index (κ1) is 20.7. The number of halogens is 3. The molecule has 1 amide bonds. The summed E-state index contributed by atoms with van der Waals surface area (Å²) in [5.74, 6) is -2.11. The summed E-state index contributed by atoms with van der Waals surface area (Å²) in [6.07, 6.45) is 0.795. The van der Waals surface area contributed by atoms with E-state index in [9.17, 15) is 13.6 Å². The lowest BCUT2D eigenvalue weighted by Crippen LogP contribution is -2.17. The lowest BCUT2D eigenvalue weighted by atomic mass is 9.99. The molecule has 0 fully saturated rings. The number of nitrogens with one attached hydrogen (secondary N) is 1. The van der Waals surface area contributed by atoms with Crippen LogP contribution >= 0.6 is 11.6 Å². The minimum atomic E-state index is -0.949. The van der Waals surface area contributed by atoms with Gasteiger partial charge in [-0.15, -0.1) is 11.6 Å². The van der Waals surface area contributed by atoms with E-state index in [-0.39, 0.29) is 12.0 Å². The Morgan fingerprint density at radius 2 is 1.97 bits per heavy atom. The van der Waals surface area contributed by atoms with Gasteiger partial charge in [-0.3, -0.25) is 9.79 Å². The Bertz CT molecular complexity index is 1020. The van der Waals surface area contributed by atoms with Gasteiger partial charge in [0.05, 0.1) is 17.5 Å². The third-order valence-electron chi connectivity index (χ3n) is 4.56. The summed E-state index contributed by atoms with van der Waals surface area (Å²) >= 11 is 5.82. The van der Waals surface area contributed by atoms with Gasteiger partial charge >= 0.3 is 0 Å². The third kappa shape index (κ3) is 4.71. The lowest BCUT2D eigenvalue weighted by Gasteiger charge is -2.16. The average molecular weight is 416 g/mol. The number of carbonyl (C=O) groups is 1. The number of amides is 1. The fraction of sp³-hybridized carbons (Fsp3) is 0.182. The van der Waals surface area contributed by atoms with Crippen LogP contribution in [0, 0.1) is 0 Å². The molecule has 3 N–H and O–H groups in total. The Morgan fingerprint density at radius 1 is 1.24 bits per heavy atom. The number of nitrogens with two attached hydrogens (primary N) is 1. The quantitative estimate of drug-likeness (QED) is 0.402. The summed E-state index contributed by atoms with van der Waals surface area (Å²) < 4.78 is 28.0. The second-order valence-electron chi connectivity index (χ2n) is 6.55. The van der Waals surface area contributed by atoms with Gasteiger partial charge in [0.1, 0.15) is 11.7 Å². The van der Waals surface area contributed by atoms with Gasteiger partial charge in [0.25, 0.3) is 0 Å². The summed E-state index contributed by atoms with van der Waals surface area (Å²) in [5.41, 5.74) is 8.92. The van der Waals surface area contributed by atoms with Gasteiger partial charge in [-0.05, 0) is 30.7 Å². The number of aliphatic imine (C=N–C) groups is 1. The number of benzene rings is 2. The molecule has 0 saturated heterocycles. The molecule has 0 radical (unpaired) electrons. The number of allylic oxidation sites excluding steroid dienone is 3. The lowest BCUT2D eigenvalue weighted by molar-refractivity contribution is -0.115. The highest BCUT2D eigenvalue weighted by Crippen LogP contribution is 2.33. The molecule has 0 bridgehead atoms. The van der Waals surface area contributed by atoms with E-state index in [1.54, 1.807) is 25.2 Å². The van der Waals surface area contributed by atoms with Crippen molar-refractivity contribution in [1.29, 1.82) is 0 Å². The average Bonchev–Trinajstić information content (AvgIpc) is 2.72. The molecule has 0 spiro atoms. The zero-order chi connectivity index (χ0) is 21.0. The summed E-state index contributed by atoms with van der Waals surface area (Å²) in [5, 5.41) is 1.71. The molecule has 4 nitrogen and oxygen atoms in total. The number of rotatable bonds is 5. The van der Waals surface area contributed by atoms with Crippen molar-refractivity contribution in [2.24, 2.45) is 4.99 Å². The highest BCUT2D eigenvalue weighted by Gasteiger charge is 2.25. The second-order valence-corrected chi connectivity index (χ2v) is 7.07. The van der Waals surface area contributed by atoms with E-state index in [4.69, 9.17) is 17.3 Å². The fourth-order valence-corrected chi connectivity index (χ4v) is 3.33. The Morgan fingerprint density at radius 3 is 2.66 bits per heavy atom. The molecule has 3 rings (SSSR count). The summed E-state index contributed by atoms with van der Waals surface area (Å²) in [6, 6.07) is 14.4. The number of hydrogen-bond donors (Lipinski definition) is 2. The van der Waals surface area contributed by atoms with Crippen molar-refractivity contribution in [2.75, 3.05) is 18.1 Å². The SMILES string of the molecule is C/N=C(/c1ccccc1)c1cc(NC(=O)CC2=C(F)C(Cl)CC=C2F)ccc1N. The van der Waals surface area contributed by atoms with Crippen molar-refractivity contribution in [3.8, 4) is 0 Å². The molecule has 1 aliphatic carbocycles. The third-order valence-corrected chi connectivity index (χ3v) is 4.93. The molecule has 1 unspecified atom stereocenters. The van der Waals surface area contributed by atoms with Crippen molar-refractivity contribution < 1.29 is 13.6 Å². The van der Waals surface area contributed by atoms with Crippen LogP contribution in [-0.2, 0) is 4.79 Å². The van der Waals surface area contributed by atoms with Crippen LogP contribution in [-0.4, -0.2) is 24.0 Å². The van der Waals surface area contributed by atoms with Crippen LogP contribution < -0.4 is 11.1 Å². The van der Waals surface area contributed by atoms with E-state index in [1.807, 2.05) is 30.3 Å². The maximum absolute atomic E-state index is 14.1. The van der Waals surface area contributed by atoms with Crippen molar-refractivity contribution >= 4 is 34.6 Å². The van der Waals surface area contributed by atoms with Crippen LogP contribution in [0.25, 0.3) is 0 Å². The molecular weight excluding hydrogens is 396 g/mol. The Labute approximate surface area is 172 Å². The minimum absolute atomic E-state index is 0.0598. The molecule has 0 aliphatic heterocycles. The van der Waals surface area contributed by atoms with Crippen molar-refractivity contribution in [1.82, 2.24) is 0 Å². The zero-order valence-electron chi connectivity index (χ0n) is 15.8. The van der Waals surface area contributed by atoms with Crippen LogP contribution in [0.4, 0.5) is 20.2 Å². The van der Waals surface area contributed by atoms with E-state index in [2.05, 4.69) is 10.3 Å². The van der Waals surface area contributed by atoms with Gasteiger partial charge < -0.3 is 11.1 Å². The van der Waals surface area contributed by atoms with E-state index < -0.39 is 29.4 Å². The maximum atomic E-state index is 14.1. The van der Waals surface area contributed by atoms with E-state index in [0.29, 0.717) is 22.6 Å². The number of nitrogen functional groups attached to an aromatic ring is 1. The van der Waals surface area contributed by atoms with Gasteiger partial charge in [-0.25, -0.2) is 8.78 Å². The van der Waals surface area contributed by atoms with E-state index in [1.165, 1.54) is 6.08 Å². The standard InChI is InChI=1S/C22H20ClF2N3O/c1-27-22(13-5-3-2-4-6-13)16-11-14(7-10-19(16)26)28-20(29)12-15-18(24)9-8-17(23)21(15)25/h2-7,9-11,17H,8,12,26H2,1H3,(H,28,29)/b27-22-. The zero-order valence-corrected chi connectivity index (χ0v) is 16.5. The number of hydrogen-bond acceptors (Lipinski definition) is 3. The number of nitrogens with zero attached hydrogens (tertiary/aromatic N) is 1. The van der Waals surface area contributed by atoms with Gasteiger partial charge in [0.2, 0.25) is 5.91 Å². The number of anilines is 2. The molecule has 7 heteroatoms. The highest BCUT2D eigenvalue weighted by molar-refractivity contribution is 6.22. The van der Waals surface area contributed by atoms with Crippen LogP contribution in [0.2, 0.25) is 0 Å².